The van der Waals surface area contributed by atoms with Gasteiger partial charge in [0, 0.05) is 0 Å². The number of nitrogens with two attached hydrogens (primary N) is 2. The van der Waals surface area contributed by atoms with Crippen molar-refractivity contribution >= 4 is 43.3 Å². The summed E-state index contributed by atoms with van der Waals surface area (Å²) in [5.74, 6) is 0.794. The Morgan fingerprint density at radius 1 is 1.32 bits per heavy atom. The first kappa shape index (κ1) is 14.6. The van der Waals surface area contributed by atoms with Gasteiger partial charge in [-0.15, -0.1) is 0 Å². The topological polar surface area (TPSA) is 107 Å². The van der Waals surface area contributed by atoms with E-state index in [1.54, 1.807) is 0 Å². The molecule has 0 atom stereocenters. The van der Waals surface area contributed by atoms with Crippen LogP contribution in [0, 0.1) is 12.3 Å². The number of rotatable bonds is 3. The third-order valence-electron chi connectivity index (χ3n) is 3.56. The fourth-order valence-electron chi connectivity index (χ4n) is 2.59. The summed E-state index contributed by atoms with van der Waals surface area (Å²) in [7, 11) is 0. The van der Waals surface area contributed by atoms with Crippen molar-refractivity contribution in [1.82, 2.24) is 14.5 Å². The normalized spacial score (nSPS) is 11.0. The van der Waals surface area contributed by atoms with Crippen molar-refractivity contribution in [2.45, 2.75) is 13.5 Å². The second-order valence-electron chi connectivity index (χ2n) is 5.12. The van der Waals surface area contributed by atoms with Gasteiger partial charge >= 0.3 is 135 Å². The molecule has 0 aliphatic heterocycles. The quantitative estimate of drug-likeness (QED) is 0.487. The van der Waals surface area contributed by atoms with Gasteiger partial charge in [0.1, 0.15) is 0 Å². The van der Waals surface area contributed by atoms with Gasteiger partial charge in [-0.1, -0.05) is 0 Å². The van der Waals surface area contributed by atoms with Gasteiger partial charge in [0.2, 0.25) is 0 Å². The van der Waals surface area contributed by atoms with E-state index in [-0.39, 0.29) is 4.61 Å². The molecule has 0 saturated carbocycles. The molecule has 0 aliphatic rings. The molecule has 0 spiro atoms. The Hall–Kier alpha value is -2.37. The van der Waals surface area contributed by atoms with Gasteiger partial charge in [0.25, 0.3) is 0 Å². The Kier molecular flexibility index (Phi) is 3.60. The summed E-state index contributed by atoms with van der Waals surface area (Å²) in [5.41, 5.74) is 15.7. The van der Waals surface area contributed by atoms with E-state index < -0.39 is 0 Å². The van der Waals surface area contributed by atoms with Crippen molar-refractivity contribution in [2.75, 3.05) is 11.5 Å². The third kappa shape index (κ3) is 2.34. The monoisotopic (exact) mass is 359 g/mol. The number of benzene rings is 1. The molecule has 22 heavy (non-hydrogen) atoms. The van der Waals surface area contributed by atoms with Crippen LogP contribution >= 0.6 is 0 Å². The summed E-state index contributed by atoms with van der Waals surface area (Å²) in [6.07, 6.45) is 1.41. The molecule has 0 bridgehead atoms. The van der Waals surface area contributed by atoms with Gasteiger partial charge in [-0.25, -0.2) is 0 Å². The van der Waals surface area contributed by atoms with Crippen LogP contribution < -0.4 is 11.5 Å². The molecular formula is C15H15N6Se. The van der Waals surface area contributed by atoms with Crippen molar-refractivity contribution in [3.63, 3.8) is 0 Å². The Balaban J connectivity index is 2.24. The number of nitrogens with zero attached hydrogens (tertiary/aromatic N) is 3. The van der Waals surface area contributed by atoms with Crippen molar-refractivity contribution in [3.05, 3.63) is 47.3 Å². The minimum absolute atomic E-state index is 0.229. The van der Waals surface area contributed by atoms with Gasteiger partial charge < -0.3 is 0 Å². The zero-order valence-corrected chi connectivity index (χ0v) is 13.7. The minimum atomic E-state index is 0.229. The van der Waals surface area contributed by atoms with E-state index in [4.69, 9.17) is 16.9 Å². The molecule has 0 saturated heterocycles. The first-order valence-corrected chi connectivity index (χ1v) is 7.54. The van der Waals surface area contributed by atoms with Crippen molar-refractivity contribution < 1.29 is 0 Å². The maximum absolute atomic E-state index is 7.92. The summed E-state index contributed by atoms with van der Waals surface area (Å²) < 4.78 is 2.09. The standard InChI is InChI=1S/C15H15N6Se/c1-8-3-2-4-9(5-8)6-21-13(17)11(14(18)22)10-12(16)19-7-20-15(10)21/h2-5,7,18H,6,17H2,1H3,(H2,16,19,20). The first-order chi connectivity index (χ1) is 10.5. The number of fused-ring (bicyclic) bond motifs is 1. The molecule has 1 aromatic carbocycles. The summed E-state index contributed by atoms with van der Waals surface area (Å²) in [6.45, 7) is 2.61. The van der Waals surface area contributed by atoms with Crippen molar-refractivity contribution in [2.24, 2.45) is 0 Å². The van der Waals surface area contributed by atoms with E-state index in [2.05, 4.69) is 32.0 Å². The van der Waals surface area contributed by atoms with Gasteiger partial charge in [-0.05, 0) is 0 Å². The van der Waals surface area contributed by atoms with Crippen molar-refractivity contribution in [3.8, 4) is 0 Å². The predicted molar refractivity (Wildman–Crippen MR) is 89.2 cm³/mol. The number of nitrogens with one attached hydrogen (secondary N) is 1. The number of nitrogen functional groups attached to an aromatic ring is 2. The van der Waals surface area contributed by atoms with Gasteiger partial charge in [-0.3, -0.25) is 0 Å². The van der Waals surface area contributed by atoms with Crippen LogP contribution in [0.5, 0.6) is 0 Å². The molecule has 7 heteroatoms. The number of anilines is 2. The zero-order chi connectivity index (χ0) is 15.9. The molecule has 1 radical (unpaired) electrons. The second kappa shape index (κ2) is 5.44. The molecule has 3 aromatic rings. The number of aryl methyl sites for hydroxylation is 1. The van der Waals surface area contributed by atoms with Crippen LogP contribution in [0.1, 0.15) is 16.7 Å². The van der Waals surface area contributed by atoms with Crippen LogP contribution in [0.25, 0.3) is 11.0 Å². The van der Waals surface area contributed by atoms with Crippen LogP contribution in [-0.2, 0) is 6.54 Å². The van der Waals surface area contributed by atoms with E-state index in [0.717, 1.165) is 5.56 Å². The molecule has 0 amide bonds. The van der Waals surface area contributed by atoms with E-state index in [9.17, 15) is 0 Å². The van der Waals surface area contributed by atoms with Crippen LogP contribution in [0.3, 0.4) is 0 Å². The van der Waals surface area contributed by atoms with Crippen LogP contribution in [0.4, 0.5) is 11.6 Å². The second-order valence-corrected chi connectivity index (χ2v) is 5.98. The Labute approximate surface area is 135 Å². The molecule has 2 aromatic heterocycles. The van der Waals surface area contributed by atoms with E-state index in [0.29, 0.717) is 34.8 Å². The van der Waals surface area contributed by atoms with E-state index in [1.807, 2.05) is 29.7 Å². The molecule has 5 N–H and O–H groups in total. The van der Waals surface area contributed by atoms with Gasteiger partial charge in [0.15, 0.2) is 0 Å². The Bertz CT molecular complexity index is 883. The van der Waals surface area contributed by atoms with Crippen LogP contribution in [0.15, 0.2) is 30.6 Å². The fraction of sp³-hybridized carbons (Fsp3) is 0.133. The molecule has 0 aliphatic carbocycles. The van der Waals surface area contributed by atoms with Gasteiger partial charge in [0.05, 0.1) is 0 Å². The summed E-state index contributed by atoms with van der Waals surface area (Å²) in [5, 5.41) is 8.54. The predicted octanol–water partition coefficient (Wildman–Crippen LogP) is 1.45. The average Bonchev–Trinajstić information content (AvgIpc) is 2.74. The number of hydrogen-bond acceptors (Lipinski definition) is 5. The van der Waals surface area contributed by atoms with E-state index in [1.165, 1.54) is 11.9 Å². The SMILES string of the molecule is Cc1cccc(Cn2c(N)c(C(=N)[Se])c3c(N)ncnc32)c1. The molecule has 0 fully saturated rings. The summed E-state index contributed by atoms with van der Waals surface area (Å²) in [4.78, 5) is 8.32. The van der Waals surface area contributed by atoms with E-state index >= 15 is 0 Å². The number of aromatic nitrogens is 3. The molecule has 6 nitrogen and oxygen atoms in total. The number of hydrogen-bond donors (Lipinski definition) is 3. The Morgan fingerprint density at radius 3 is 2.77 bits per heavy atom. The molecule has 111 valence electrons. The molecule has 2 heterocycles. The first-order valence-electron chi connectivity index (χ1n) is 6.68. The fourth-order valence-corrected chi connectivity index (χ4v) is 3.03. The summed E-state index contributed by atoms with van der Waals surface area (Å²) in [6, 6.07) is 8.18. The van der Waals surface area contributed by atoms with Crippen LogP contribution in [-0.4, -0.2) is 35.2 Å². The zero-order valence-electron chi connectivity index (χ0n) is 12.0. The average molecular weight is 358 g/mol. The maximum atomic E-state index is 7.92. The Morgan fingerprint density at radius 2 is 2.09 bits per heavy atom. The molecular weight excluding hydrogens is 343 g/mol. The molecule has 0 unspecified atom stereocenters. The summed E-state index contributed by atoms with van der Waals surface area (Å²) >= 11 is 2.68. The van der Waals surface area contributed by atoms with Crippen molar-refractivity contribution in [1.29, 1.82) is 5.41 Å². The van der Waals surface area contributed by atoms with Crippen LogP contribution in [0.2, 0.25) is 0 Å². The third-order valence-corrected chi connectivity index (χ3v) is 3.99. The molecule has 3 rings (SSSR count). The van der Waals surface area contributed by atoms with Gasteiger partial charge in [-0.2, -0.15) is 0 Å².